The Morgan fingerprint density at radius 3 is 2.75 bits per heavy atom. The van der Waals surface area contributed by atoms with Crippen molar-refractivity contribution in [1.82, 2.24) is 19.6 Å². The second kappa shape index (κ2) is 4.92. The van der Waals surface area contributed by atoms with Crippen molar-refractivity contribution in [3.8, 4) is 0 Å². The molecular weight excluding hydrogens is 257 g/mol. The van der Waals surface area contributed by atoms with E-state index in [-0.39, 0.29) is 5.95 Å². The van der Waals surface area contributed by atoms with E-state index < -0.39 is 0 Å². The molecule has 0 aliphatic heterocycles. The number of rotatable bonds is 5. The van der Waals surface area contributed by atoms with Crippen LogP contribution in [-0.2, 0) is 20.1 Å². The lowest BCUT2D eigenvalue weighted by molar-refractivity contribution is 0.464. The predicted octanol–water partition coefficient (Wildman–Crippen LogP) is 2.57. The number of aryl methyl sites for hydroxylation is 3. The lowest BCUT2D eigenvalue weighted by Gasteiger charge is -2.05. The third-order valence-electron chi connectivity index (χ3n) is 3.82. The molecule has 108 valence electrons. The summed E-state index contributed by atoms with van der Waals surface area (Å²) in [5.41, 5.74) is 2.50. The van der Waals surface area contributed by atoms with E-state index in [9.17, 15) is 4.39 Å². The van der Waals surface area contributed by atoms with E-state index in [2.05, 4.69) is 21.6 Å². The first kappa shape index (κ1) is 13.1. The maximum Gasteiger partial charge on any atom is 0.216 e. The Balaban J connectivity index is 1.74. The van der Waals surface area contributed by atoms with Crippen molar-refractivity contribution in [2.45, 2.75) is 45.7 Å². The van der Waals surface area contributed by atoms with Crippen molar-refractivity contribution in [3.63, 3.8) is 0 Å². The van der Waals surface area contributed by atoms with Gasteiger partial charge in [-0.1, -0.05) is 0 Å². The summed E-state index contributed by atoms with van der Waals surface area (Å²) in [6.45, 7) is 4.70. The smallest absolute Gasteiger partial charge is 0.216 e. The topological polar surface area (TPSA) is 47.7 Å². The van der Waals surface area contributed by atoms with Gasteiger partial charge in [0.25, 0.3) is 0 Å². The molecule has 1 aliphatic rings. The minimum atomic E-state index is -0.248. The van der Waals surface area contributed by atoms with E-state index in [1.165, 1.54) is 17.5 Å². The first-order chi connectivity index (χ1) is 9.60. The van der Waals surface area contributed by atoms with Gasteiger partial charge in [-0.3, -0.25) is 4.68 Å². The van der Waals surface area contributed by atoms with Gasteiger partial charge in [-0.05, 0) is 26.7 Å². The second-order valence-electron chi connectivity index (χ2n) is 5.38. The third-order valence-corrected chi connectivity index (χ3v) is 3.82. The molecule has 0 bridgehead atoms. The molecule has 6 heteroatoms. The Labute approximate surface area is 117 Å². The van der Waals surface area contributed by atoms with Gasteiger partial charge in [-0.15, -0.1) is 0 Å². The van der Waals surface area contributed by atoms with Crippen LogP contribution in [0.4, 0.5) is 10.2 Å². The molecule has 5 nitrogen and oxygen atoms in total. The SMILES string of the molecule is CCn1nc(C)c(CNc2cc(C3CC3)nn2C)c1F. The molecule has 0 spiro atoms. The molecule has 2 aromatic heterocycles. The highest BCUT2D eigenvalue weighted by molar-refractivity contribution is 5.40. The van der Waals surface area contributed by atoms with Crippen molar-refractivity contribution in [3.05, 3.63) is 29.0 Å². The maximum absolute atomic E-state index is 14.1. The highest BCUT2D eigenvalue weighted by atomic mass is 19.1. The zero-order chi connectivity index (χ0) is 14.3. The van der Waals surface area contributed by atoms with Gasteiger partial charge in [0.15, 0.2) is 0 Å². The number of nitrogens with one attached hydrogen (secondary N) is 1. The Kier molecular flexibility index (Phi) is 3.23. The van der Waals surface area contributed by atoms with Gasteiger partial charge >= 0.3 is 0 Å². The van der Waals surface area contributed by atoms with Crippen molar-refractivity contribution < 1.29 is 4.39 Å². The molecule has 1 fully saturated rings. The highest BCUT2D eigenvalue weighted by Crippen LogP contribution is 2.39. The first-order valence-electron chi connectivity index (χ1n) is 7.09. The molecule has 0 amide bonds. The monoisotopic (exact) mass is 277 g/mol. The van der Waals surface area contributed by atoms with Crippen LogP contribution in [0.15, 0.2) is 6.07 Å². The molecule has 0 radical (unpaired) electrons. The standard InChI is InChI=1S/C14H20FN5/c1-4-20-14(15)11(9(2)17-20)8-16-13-7-12(10-5-6-10)18-19(13)3/h7,10,16H,4-6,8H2,1-3H3. The summed E-state index contributed by atoms with van der Waals surface area (Å²) < 4.78 is 17.3. The summed E-state index contributed by atoms with van der Waals surface area (Å²) in [7, 11) is 1.91. The normalized spacial score (nSPS) is 14.8. The van der Waals surface area contributed by atoms with Gasteiger partial charge in [0, 0.05) is 37.7 Å². The average molecular weight is 277 g/mol. The lowest BCUT2D eigenvalue weighted by atomic mass is 10.2. The summed E-state index contributed by atoms with van der Waals surface area (Å²) in [6.07, 6.45) is 2.46. The van der Waals surface area contributed by atoms with E-state index in [1.807, 2.05) is 25.6 Å². The predicted molar refractivity (Wildman–Crippen MR) is 75.1 cm³/mol. The number of hydrogen-bond donors (Lipinski definition) is 1. The summed E-state index contributed by atoms with van der Waals surface area (Å²) in [5.74, 6) is 1.30. The van der Waals surface area contributed by atoms with E-state index in [0.717, 1.165) is 17.2 Å². The zero-order valence-corrected chi connectivity index (χ0v) is 12.1. The average Bonchev–Trinajstić information content (AvgIpc) is 3.15. The molecule has 0 atom stereocenters. The van der Waals surface area contributed by atoms with Crippen LogP contribution in [0.5, 0.6) is 0 Å². The fourth-order valence-electron chi connectivity index (χ4n) is 2.41. The van der Waals surface area contributed by atoms with Crippen molar-refractivity contribution in [2.75, 3.05) is 5.32 Å². The molecule has 2 heterocycles. The fraction of sp³-hybridized carbons (Fsp3) is 0.571. The largest absolute Gasteiger partial charge is 0.366 e. The van der Waals surface area contributed by atoms with E-state index in [1.54, 1.807) is 0 Å². The highest BCUT2D eigenvalue weighted by Gasteiger charge is 2.27. The van der Waals surface area contributed by atoms with Crippen LogP contribution in [0.1, 0.15) is 42.6 Å². The van der Waals surface area contributed by atoms with Crippen LogP contribution in [0.2, 0.25) is 0 Å². The first-order valence-corrected chi connectivity index (χ1v) is 7.09. The van der Waals surface area contributed by atoms with Gasteiger partial charge < -0.3 is 5.32 Å². The molecule has 0 unspecified atom stereocenters. The van der Waals surface area contributed by atoms with Gasteiger partial charge in [-0.25, -0.2) is 4.68 Å². The molecule has 1 N–H and O–H groups in total. The quantitative estimate of drug-likeness (QED) is 0.913. The van der Waals surface area contributed by atoms with Crippen LogP contribution in [-0.4, -0.2) is 19.6 Å². The Bertz CT molecular complexity index is 624. The number of nitrogens with zero attached hydrogens (tertiary/aromatic N) is 4. The van der Waals surface area contributed by atoms with Crippen LogP contribution in [0.3, 0.4) is 0 Å². The molecule has 1 aliphatic carbocycles. The van der Waals surface area contributed by atoms with E-state index in [4.69, 9.17) is 0 Å². The van der Waals surface area contributed by atoms with Gasteiger partial charge in [-0.2, -0.15) is 14.6 Å². The summed E-state index contributed by atoms with van der Waals surface area (Å²) in [6, 6.07) is 2.06. The van der Waals surface area contributed by atoms with Gasteiger partial charge in [0.1, 0.15) is 5.82 Å². The molecule has 20 heavy (non-hydrogen) atoms. The number of anilines is 1. The van der Waals surface area contributed by atoms with Gasteiger partial charge in [0.05, 0.1) is 11.4 Å². The summed E-state index contributed by atoms with van der Waals surface area (Å²) in [4.78, 5) is 0. The maximum atomic E-state index is 14.1. The lowest BCUT2D eigenvalue weighted by Crippen LogP contribution is -2.07. The Hall–Kier alpha value is -1.85. The Morgan fingerprint density at radius 2 is 2.15 bits per heavy atom. The minimum Gasteiger partial charge on any atom is -0.366 e. The van der Waals surface area contributed by atoms with Gasteiger partial charge in [0.2, 0.25) is 5.95 Å². The molecule has 3 rings (SSSR count). The van der Waals surface area contributed by atoms with Crippen LogP contribution < -0.4 is 5.32 Å². The third kappa shape index (κ3) is 2.30. The number of hydrogen-bond acceptors (Lipinski definition) is 3. The molecule has 0 aromatic carbocycles. The minimum absolute atomic E-state index is 0.248. The molecular formula is C14H20FN5. The van der Waals surface area contributed by atoms with E-state index in [0.29, 0.717) is 24.6 Å². The van der Waals surface area contributed by atoms with E-state index >= 15 is 0 Å². The second-order valence-corrected chi connectivity index (χ2v) is 5.38. The van der Waals surface area contributed by atoms with Crippen LogP contribution >= 0.6 is 0 Å². The van der Waals surface area contributed by atoms with Crippen LogP contribution in [0, 0.1) is 12.9 Å². The molecule has 2 aromatic rings. The zero-order valence-electron chi connectivity index (χ0n) is 12.1. The Morgan fingerprint density at radius 1 is 1.40 bits per heavy atom. The molecule has 1 saturated carbocycles. The number of aromatic nitrogens is 4. The van der Waals surface area contributed by atoms with Crippen LogP contribution in [0.25, 0.3) is 0 Å². The molecule has 0 saturated heterocycles. The fourth-order valence-corrected chi connectivity index (χ4v) is 2.41. The number of halogens is 1. The summed E-state index contributed by atoms with van der Waals surface area (Å²) in [5, 5.41) is 11.9. The van der Waals surface area contributed by atoms with Crippen molar-refractivity contribution >= 4 is 5.82 Å². The summed E-state index contributed by atoms with van der Waals surface area (Å²) >= 11 is 0. The van der Waals surface area contributed by atoms with Crippen molar-refractivity contribution in [1.29, 1.82) is 0 Å². The van der Waals surface area contributed by atoms with Crippen molar-refractivity contribution in [2.24, 2.45) is 7.05 Å².